The van der Waals surface area contributed by atoms with Gasteiger partial charge in [-0.15, -0.1) is 0 Å². The number of aliphatic hydroxyl groups excluding tert-OH is 1. The highest BCUT2D eigenvalue weighted by Crippen LogP contribution is 2.09. The number of amidine groups is 1. The smallest absolute Gasteiger partial charge is 0.166 e. The Bertz CT molecular complexity index is 300. The summed E-state index contributed by atoms with van der Waals surface area (Å²) in [5.74, 6) is -0.214. The zero-order chi connectivity index (χ0) is 11.4. The van der Waals surface area contributed by atoms with Crippen molar-refractivity contribution in [3.63, 3.8) is 0 Å². The van der Waals surface area contributed by atoms with Crippen LogP contribution >= 0.6 is 0 Å². The van der Waals surface area contributed by atoms with Crippen molar-refractivity contribution in [1.29, 1.82) is 5.41 Å². The van der Waals surface area contributed by atoms with E-state index in [0.29, 0.717) is 13.1 Å². The van der Waals surface area contributed by atoms with Crippen LogP contribution in [0.2, 0.25) is 0 Å². The van der Waals surface area contributed by atoms with Crippen LogP contribution < -0.4 is 5.32 Å². The quantitative estimate of drug-likeness (QED) is 0.265. The fourth-order valence-electron chi connectivity index (χ4n) is 1.64. The summed E-state index contributed by atoms with van der Waals surface area (Å²) in [6.07, 6.45) is 0. The van der Waals surface area contributed by atoms with Crippen LogP contribution in [0.3, 0.4) is 0 Å². The molecule has 0 bridgehead atoms. The van der Waals surface area contributed by atoms with Gasteiger partial charge in [0.05, 0.1) is 5.57 Å². The minimum absolute atomic E-state index is 0.0777. The Morgan fingerprint density at radius 1 is 1.33 bits per heavy atom. The maximum absolute atomic E-state index is 11.3. The van der Waals surface area contributed by atoms with Gasteiger partial charge in [-0.1, -0.05) is 0 Å². The van der Waals surface area contributed by atoms with Gasteiger partial charge in [0.25, 0.3) is 0 Å². The molecule has 0 aromatic carbocycles. The van der Waals surface area contributed by atoms with Gasteiger partial charge in [-0.05, 0) is 13.8 Å². The van der Waals surface area contributed by atoms with E-state index in [-0.39, 0.29) is 23.0 Å². The number of hydrogen-bond donors (Lipinski definition) is 3. The molecule has 0 amide bonds. The van der Waals surface area contributed by atoms with Crippen LogP contribution in [0.4, 0.5) is 0 Å². The van der Waals surface area contributed by atoms with Crippen LogP contribution in [-0.2, 0) is 4.79 Å². The van der Waals surface area contributed by atoms with Crippen LogP contribution in [0, 0.1) is 5.41 Å². The normalized spacial score (nSPS) is 18.4. The fraction of sp³-hybridized carbons (Fsp3) is 0.600. The molecule has 0 aromatic rings. The molecule has 0 aliphatic carbocycles. The van der Waals surface area contributed by atoms with Crippen LogP contribution in [0.1, 0.15) is 13.8 Å². The van der Waals surface area contributed by atoms with E-state index < -0.39 is 0 Å². The van der Waals surface area contributed by atoms with Crippen molar-refractivity contribution in [2.45, 2.75) is 13.8 Å². The van der Waals surface area contributed by atoms with Crippen molar-refractivity contribution in [3.05, 3.63) is 11.3 Å². The average molecular weight is 211 g/mol. The van der Waals surface area contributed by atoms with E-state index >= 15 is 0 Å². The summed E-state index contributed by atoms with van der Waals surface area (Å²) in [7, 11) is 0. The Morgan fingerprint density at radius 3 is 2.27 bits per heavy atom. The SMILES string of the molecule is CC(=O)/C(C(=N)N1CCNCC1)=C(\C)O. The van der Waals surface area contributed by atoms with E-state index in [4.69, 9.17) is 5.41 Å². The zero-order valence-corrected chi connectivity index (χ0v) is 9.13. The van der Waals surface area contributed by atoms with Crippen molar-refractivity contribution < 1.29 is 9.90 Å². The molecule has 1 fully saturated rings. The molecule has 1 heterocycles. The highest BCUT2D eigenvalue weighted by Gasteiger charge is 2.21. The van der Waals surface area contributed by atoms with E-state index in [0.717, 1.165) is 13.1 Å². The zero-order valence-electron chi connectivity index (χ0n) is 9.13. The highest BCUT2D eigenvalue weighted by molar-refractivity contribution is 6.19. The lowest BCUT2D eigenvalue weighted by atomic mass is 10.1. The third-order valence-electron chi connectivity index (χ3n) is 2.38. The monoisotopic (exact) mass is 211 g/mol. The van der Waals surface area contributed by atoms with Gasteiger partial charge in [0.15, 0.2) is 5.78 Å². The summed E-state index contributed by atoms with van der Waals surface area (Å²) in [5, 5.41) is 20.4. The number of allylic oxidation sites excluding steroid dienone is 1. The summed E-state index contributed by atoms with van der Waals surface area (Å²) in [5.41, 5.74) is 0.122. The van der Waals surface area contributed by atoms with Crippen LogP contribution in [0.5, 0.6) is 0 Å². The Labute approximate surface area is 89.3 Å². The molecule has 15 heavy (non-hydrogen) atoms. The molecule has 0 atom stereocenters. The molecule has 3 N–H and O–H groups in total. The number of Topliss-reactive ketones (excluding diaryl/α,β-unsaturated/α-hetero) is 1. The van der Waals surface area contributed by atoms with E-state index in [9.17, 15) is 9.90 Å². The average Bonchev–Trinajstić information content (AvgIpc) is 2.18. The number of aliphatic hydroxyl groups is 1. The number of nitrogens with one attached hydrogen (secondary N) is 2. The van der Waals surface area contributed by atoms with Gasteiger partial charge in [0.2, 0.25) is 0 Å². The second kappa shape index (κ2) is 4.93. The molecule has 0 radical (unpaired) electrons. The molecule has 0 saturated carbocycles. The van der Waals surface area contributed by atoms with Crippen molar-refractivity contribution in [2.24, 2.45) is 0 Å². The summed E-state index contributed by atoms with van der Waals surface area (Å²) in [6, 6.07) is 0. The lowest BCUT2D eigenvalue weighted by Crippen LogP contribution is -2.47. The number of hydrogen-bond acceptors (Lipinski definition) is 4. The summed E-state index contributed by atoms with van der Waals surface area (Å²) >= 11 is 0. The standard InChI is InChI=1S/C10H17N3O2/c1-7(14)9(8(2)15)10(11)13-5-3-12-4-6-13/h11-12,14H,3-6H2,1-2H3/b9-7-,11-10?. The number of piperazine rings is 1. The lowest BCUT2D eigenvalue weighted by Gasteiger charge is -2.30. The van der Waals surface area contributed by atoms with Gasteiger partial charge < -0.3 is 15.3 Å². The number of carbonyl (C=O) groups is 1. The molecule has 84 valence electrons. The Balaban J connectivity index is 2.81. The minimum atomic E-state index is -0.265. The summed E-state index contributed by atoms with van der Waals surface area (Å²) in [4.78, 5) is 13.1. The highest BCUT2D eigenvalue weighted by atomic mass is 16.3. The van der Waals surface area contributed by atoms with Gasteiger partial charge in [-0.3, -0.25) is 10.2 Å². The first-order valence-corrected chi connectivity index (χ1v) is 4.99. The van der Waals surface area contributed by atoms with Crippen LogP contribution in [0.15, 0.2) is 11.3 Å². The third-order valence-corrected chi connectivity index (χ3v) is 2.38. The number of nitrogens with zero attached hydrogens (tertiary/aromatic N) is 1. The molecule has 1 saturated heterocycles. The predicted molar refractivity (Wildman–Crippen MR) is 58.2 cm³/mol. The van der Waals surface area contributed by atoms with E-state index in [1.54, 1.807) is 4.90 Å². The van der Waals surface area contributed by atoms with E-state index in [2.05, 4.69) is 5.32 Å². The molecule has 0 spiro atoms. The second-order valence-electron chi connectivity index (χ2n) is 3.60. The van der Waals surface area contributed by atoms with Gasteiger partial charge in [0, 0.05) is 26.2 Å². The van der Waals surface area contributed by atoms with Gasteiger partial charge in [-0.2, -0.15) is 0 Å². The molecule has 1 aliphatic rings. The third kappa shape index (κ3) is 2.79. The fourth-order valence-corrected chi connectivity index (χ4v) is 1.64. The van der Waals surface area contributed by atoms with Gasteiger partial charge >= 0.3 is 0 Å². The Hall–Kier alpha value is -1.36. The van der Waals surface area contributed by atoms with Crippen LogP contribution in [0.25, 0.3) is 0 Å². The molecule has 5 heteroatoms. The Kier molecular flexibility index (Phi) is 3.85. The molecule has 1 rings (SSSR count). The van der Waals surface area contributed by atoms with Crippen molar-refractivity contribution in [3.8, 4) is 0 Å². The lowest BCUT2D eigenvalue weighted by molar-refractivity contribution is -0.113. The number of carbonyl (C=O) groups excluding carboxylic acids is 1. The van der Waals surface area contributed by atoms with Crippen molar-refractivity contribution >= 4 is 11.6 Å². The van der Waals surface area contributed by atoms with Crippen molar-refractivity contribution in [1.82, 2.24) is 10.2 Å². The van der Waals surface area contributed by atoms with Gasteiger partial charge in [0.1, 0.15) is 11.6 Å². The maximum Gasteiger partial charge on any atom is 0.166 e. The molecular weight excluding hydrogens is 194 g/mol. The number of ketones is 1. The summed E-state index contributed by atoms with van der Waals surface area (Å²) in [6.45, 7) is 5.81. The molecule has 0 unspecified atom stereocenters. The molecule has 5 nitrogen and oxygen atoms in total. The maximum atomic E-state index is 11.3. The first-order chi connectivity index (χ1) is 7.04. The topological polar surface area (TPSA) is 76.4 Å². The Morgan fingerprint density at radius 2 is 1.87 bits per heavy atom. The van der Waals surface area contributed by atoms with Crippen molar-refractivity contribution in [2.75, 3.05) is 26.2 Å². The number of rotatable bonds is 2. The minimum Gasteiger partial charge on any atom is -0.512 e. The second-order valence-corrected chi connectivity index (χ2v) is 3.60. The van der Waals surface area contributed by atoms with Crippen LogP contribution in [-0.4, -0.2) is 47.8 Å². The molecular formula is C10H17N3O2. The van der Waals surface area contributed by atoms with E-state index in [1.165, 1.54) is 13.8 Å². The predicted octanol–water partition coefficient (Wildman–Crippen LogP) is 0.290. The largest absolute Gasteiger partial charge is 0.512 e. The molecule has 0 aromatic heterocycles. The first-order valence-electron chi connectivity index (χ1n) is 4.99. The van der Waals surface area contributed by atoms with E-state index in [1.807, 2.05) is 0 Å². The first kappa shape index (κ1) is 11.7. The summed E-state index contributed by atoms with van der Waals surface area (Å²) < 4.78 is 0. The van der Waals surface area contributed by atoms with Gasteiger partial charge in [-0.25, -0.2) is 0 Å². The molecule has 1 aliphatic heterocycles.